The standard InChI is InChI=1S/C17H15N3O/c1-10(21)12-3-2-4-13(9-12)16-14-7-8-15(11-5-6-11)18-17(14)20-19-16/h2-4,7-9,11H,5-6H2,1H3,(H,18,19,20). The molecule has 1 aromatic carbocycles. The molecular weight excluding hydrogens is 262 g/mol. The van der Waals surface area contributed by atoms with Crippen molar-refractivity contribution < 1.29 is 4.79 Å². The monoisotopic (exact) mass is 277 g/mol. The summed E-state index contributed by atoms with van der Waals surface area (Å²) >= 11 is 0. The fraction of sp³-hybridized carbons (Fsp3) is 0.235. The highest BCUT2D eigenvalue weighted by molar-refractivity contribution is 5.97. The normalized spacial score (nSPS) is 14.5. The summed E-state index contributed by atoms with van der Waals surface area (Å²) in [7, 11) is 0. The van der Waals surface area contributed by atoms with E-state index in [1.807, 2.05) is 24.3 Å². The van der Waals surface area contributed by atoms with Crippen LogP contribution in [0.15, 0.2) is 36.4 Å². The first-order valence-electron chi connectivity index (χ1n) is 7.19. The highest BCUT2D eigenvalue weighted by atomic mass is 16.1. The minimum atomic E-state index is 0.0646. The van der Waals surface area contributed by atoms with Gasteiger partial charge in [-0.15, -0.1) is 0 Å². The Morgan fingerprint density at radius 2 is 2.10 bits per heavy atom. The smallest absolute Gasteiger partial charge is 0.181 e. The molecule has 0 aliphatic heterocycles. The van der Waals surface area contributed by atoms with E-state index in [1.54, 1.807) is 6.92 Å². The van der Waals surface area contributed by atoms with E-state index < -0.39 is 0 Å². The maximum absolute atomic E-state index is 11.5. The third-order valence-corrected chi connectivity index (χ3v) is 3.99. The molecule has 0 radical (unpaired) electrons. The Hall–Kier alpha value is -2.49. The molecule has 2 heterocycles. The molecule has 0 atom stereocenters. The van der Waals surface area contributed by atoms with E-state index in [-0.39, 0.29) is 5.78 Å². The van der Waals surface area contributed by atoms with Crippen LogP contribution in [-0.4, -0.2) is 21.0 Å². The third kappa shape index (κ3) is 2.13. The van der Waals surface area contributed by atoms with Crippen LogP contribution in [0.3, 0.4) is 0 Å². The number of pyridine rings is 1. The molecule has 21 heavy (non-hydrogen) atoms. The van der Waals surface area contributed by atoms with Crippen LogP contribution in [0.2, 0.25) is 0 Å². The molecule has 1 N–H and O–H groups in total. The Morgan fingerprint density at radius 3 is 2.86 bits per heavy atom. The molecule has 1 aliphatic rings. The highest BCUT2D eigenvalue weighted by Crippen LogP contribution is 2.39. The lowest BCUT2D eigenvalue weighted by Gasteiger charge is -2.02. The van der Waals surface area contributed by atoms with E-state index in [0.29, 0.717) is 11.5 Å². The lowest BCUT2D eigenvalue weighted by Crippen LogP contribution is -1.92. The van der Waals surface area contributed by atoms with Crippen molar-refractivity contribution in [3.05, 3.63) is 47.7 Å². The summed E-state index contributed by atoms with van der Waals surface area (Å²) in [4.78, 5) is 16.2. The third-order valence-electron chi connectivity index (χ3n) is 3.99. The molecule has 1 aliphatic carbocycles. The first kappa shape index (κ1) is 12.3. The number of ketones is 1. The first-order valence-corrected chi connectivity index (χ1v) is 7.19. The van der Waals surface area contributed by atoms with Crippen LogP contribution >= 0.6 is 0 Å². The number of Topliss-reactive ketones (excluding diaryl/α,β-unsaturated/α-hetero) is 1. The number of hydrogen-bond donors (Lipinski definition) is 1. The lowest BCUT2D eigenvalue weighted by atomic mass is 10.0. The molecule has 0 amide bonds. The number of nitrogens with zero attached hydrogens (tertiary/aromatic N) is 2. The van der Waals surface area contributed by atoms with E-state index in [2.05, 4.69) is 27.3 Å². The summed E-state index contributed by atoms with van der Waals surface area (Å²) in [5.74, 6) is 0.686. The molecule has 104 valence electrons. The van der Waals surface area contributed by atoms with Gasteiger partial charge in [-0.05, 0) is 38.0 Å². The molecule has 4 rings (SSSR count). The molecule has 4 nitrogen and oxygen atoms in total. The van der Waals surface area contributed by atoms with Crippen LogP contribution in [0.25, 0.3) is 22.3 Å². The number of H-pyrrole nitrogens is 1. The molecule has 4 heteroatoms. The fourth-order valence-electron chi connectivity index (χ4n) is 2.63. The number of carbonyl (C=O) groups excluding carboxylic acids is 1. The average Bonchev–Trinajstić information content (AvgIpc) is 3.27. The van der Waals surface area contributed by atoms with Crippen molar-refractivity contribution in [3.8, 4) is 11.3 Å². The predicted molar refractivity (Wildman–Crippen MR) is 81.3 cm³/mol. The van der Waals surface area contributed by atoms with Gasteiger partial charge < -0.3 is 0 Å². The van der Waals surface area contributed by atoms with Gasteiger partial charge in [0.25, 0.3) is 0 Å². The second-order valence-corrected chi connectivity index (χ2v) is 5.62. The Bertz CT molecular complexity index is 846. The number of benzene rings is 1. The van der Waals surface area contributed by atoms with E-state index in [4.69, 9.17) is 0 Å². The second kappa shape index (κ2) is 4.52. The maximum atomic E-state index is 11.5. The van der Waals surface area contributed by atoms with Crippen LogP contribution in [0.5, 0.6) is 0 Å². The quantitative estimate of drug-likeness (QED) is 0.742. The molecule has 0 spiro atoms. The van der Waals surface area contributed by atoms with E-state index >= 15 is 0 Å². The number of carbonyl (C=O) groups is 1. The van der Waals surface area contributed by atoms with Crippen molar-refractivity contribution in [2.24, 2.45) is 0 Å². The summed E-state index contributed by atoms with van der Waals surface area (Å²) in [6.07, 6.45) is 2.47. The van der Waals surface area contributed by atoms with Gasteiger partial charge in [-0.1, -0.05) is 18.2 Å². The summed E-state index contributed by atoms with van der Waals surface area (Å²) in [5, 5.41) is 8.38. The Kier molecular flexibility index (Phi) is 2.64. The van der Waals surface area contributed by atoms with Gasteiger partial charge in [0, 0.05) is 28.1 Å². The van der Waals surface area contributed by atoms with Gasteiger partial charge in [0.05, 0.1) is 5.69 Å². The second-order valence-electron chi connectivity index (χ2n) is 5.62. The lowest BCUT2D eigenvalue weighted by molar-refractivity contribution is 0.101. The highest BCUT2D eigenvalue weighted by Gasteiger charge is 2.25. The number of aromatic nitrogens is 3. The van der Waals surface area contributed by atoms with Crippen molar-refractivity contribution in [1.29, 1.82) is 0 Å². The molecule has 0 saturated heterocycles. The van der Waals surface area contributed by atoms with E-state index in [1.165, 1.54) is 12.8 Å². The van der Waals surface area contributed by atoms with Crippen molar-refractivity contribution in [2.75, 3.05) is 0 Å². The number of hydrogen-bond acceptors (Lipinski definition) is 3. The zero-order valence-electron chi connectivity index (χ0n) is 11.8. The maximum Gasteiger partial charge on any atom is 0.181 e. The van der Waals surface area contributed by atoms with Crippen LogP contribution in [0.1, 0.15) is 41.7 Å². The molecule has 3 aromatic rings. The topological polar surface area (TPSA) is 58.6 Å². The van der Waals surface area contributed by atoms with Gasteiger partial charge >= 0.3 is 0 Å². The molecule has 0 bridgehead atoms. The largest absolute Gasteiger partial charge is 0.295 e. The van der Waals surface area contributed by atoms with Crippen molar-refractivity contribution in [2.45, 2.75) is 25.7 Å². The van der Waals surface area contributed by atoms with Gasteiger partial charge in [0.1, 0.15) is 0 Å². The number of aromatic amines is 1. The molecule has 0 unspecified atom stereocenters. The summed E-state index contributed by atoms with van der Waals surface area (Å²) in [6, 6.07) is 11.8. The van der Waals surface area contributed by atoms with Crippen LogP contribution in [0, 0.1) is 0 Å². The zero-order chi connectivity index (χ0) is 14.4. The molecule has 1 fully saturated rings. The van der Waals surface area contributed by atoms with Gasteiger partial charge in [-0.25, -0.2) is 4.98 Å². The summed E-state index contributed by atoms with van der Waals surface area (Å²) in [6.45, 7) is 1.58. The number of rotatable bonds is 3. The number of nitrogens with one attached hydrogen (secondary N) is 1. The minimum Gasteiger partial charge on any atom is -0.295 e. The van der Waals surface area contributed by atoms with Gasteiger partial charge in [-0.2, -0.15) is 5.10 Å². The van der Waals surface area contributed by atoms with E-state index in [9.17, 15) is 4.79 Å². The van der Waals surface area contributed by atoms with Gasteiger partial charge in [0.2, 0.25) is 0 Å². The fourth-order valence-corrected chi connectivity index (χ4v) is 2.63. The van der Waals surface area contributed by atoms with E-state index in [0.717, 1.165) is 28.0 Å². The average molecular weight is 277 g/mol. The predicted octanol–water partition coefficient (Wildman–Crippen LogP) is 3.70. The Morgan fingerprint density at radius 1 is 1.24 bits per heavy atom. The number of fused-ring (bicyclic) bond motifs is 1. The SMILES string of the molecule is CC(=O)c1cccc(-c2[nH]nc3nc(C4CC4)ccc23)c1. The first-order chi connectivity index (χ1) is 10.2. The zero-order valence-corrected chi connectivity index (χ0v) is 11.8. The summed E-state index contributed by atoms with van der Waals surface area (Å²) < 4.78 is 0. The van der Waals surface area contributed by atoms with Crippen molar-refractivity contribution >= 4 is 16.8 Å². The van der Waals surface area contributed by atoms with Crippen molar-refractivity contribution in [1.82, 2.24) is 15.2 Å². The summed E-state index contributed by atoms with van der Waals surface area (Å²) in [5.41, 5.74) is 4.48. The van der Waals surface area contributed by atoms with Crippen molar-refractivity contribution in [3.63, 3.8) is 0 Å². The minimum absolute atomic E-state index is 0.0646. The van der Waals surface area contributed by atoms with Crippen LogP contribution < -0.4 is 0 Å². The molecule has 2 aromatic heterocycles. The van der Waals surface area contributed by atoms with Gasteiger partial charge in [-0.3, -0.25) is 9.89 Å². The Labute approximate surface area is 122 Å². The van der Waals surface area contributed by atoms with Crippen LogP contribution in [0.4, 0.5) is 0 Å². The van der Waals surface area contributed by atoms with Crippen LogP contribution in [-0.2, 0) is 0 Å². The molecule has 1 saturated carbocycles. The molecular formula is C17H15N3O. The van der Waals surface area contributed by atoms with Gasteiger partial charge in [0.15, 0.2) is 11.4 Å². The Balaban J connectivity index is 1.83.